The van der Waals surface area contributed by atoms with Gasteiger partial charge in [-0.3, -0.25) is 4.79 Å². The predicted molar refractivity (Wildman–Crippen MR) is 120 cm³/mol. The molecule has 1 aliphatic heterocycles. The van der Waals surface area contributed by atoms with Crippen molar-refractivity contribution in [3.8, 4) is 17.2 Å². The highest BCUT2D eigenvalue weighted by molar-refractivity contribution is 6.26. The van der Waals surface area contributed by atoms with Gasteiger partial charge in [-0.2, -0.15) is 0 Å². The molecule has 1 N–H and O–H groups in total. The van der Waals surface area contributed by atoms with E-state index in [4.69, 9.17) is 14.2 Å². The maximum Gasteiger partial charge on any atom is 0.336 e. The van der Waals surface area contributed by atoms with Crippen LogP contribution >= 0.6 is 0 Å². The molecule has 0 saturated heterocycles. The minimum Gasteiger partial charge on any atom is -0.497 e. The summed E-state index contributed by atoms with van der Waals surface area (Å²) in [6.45, 7) is 0.102. The normalized spacial score (nSPS) is 16.8. The van der Waals surface area contributed by atoms with Gasteiger partial charge in [-0.1, -0.05) is 44.6 Å². The van der Waals surface area contributed by atoms with E-state index in [0.29, 0.717) is 40.4 Å². The Balaban J connectivity index is 1.79. The zero-order valence-corrected chi connectivity index (χ0v) is 18.3. The van der Waals surface area contributed by atoms with Gasteiger partial charge in [-0.05, 0) is 54.3 Å². The molecule has 2 aromatic carbocycles. The summed E-state index contributed by atoms with van der Waals surface area (Å²) in [6, 6.07) is 11.9. The first kappa shape index (κ1) is 21.9. The minimum atomic E-state index is -1.12. The van der Waals surface area contributed by atoms with Gasteiger partial charge in [-0.25, -0.2) is 4.79 Å². The fourth-order valence-corrected chi connectivity index (χ4v) is 4.56. The zero-order chi connectivity index (χ0) is 22.5. The average Bonchev–Trinajstić information content (AvgIpc) is 3.12. The highest BCUT2D eigenvalue weighted by atomic mass is 16.7. The fourth-order valence-electron chi connectivity index (χ4n) is 4.56. The van der Waals surface area contributed by atoms with Crippen molar-refractivity contribution < 1.29 is 28.9 Å². The number of hydrogen-bond acceptors (Lipinski definition) is 5. The number of fused-ring (bicyclic) bond motifs is 1. The van der Waals surface area contributed by atoms with Crippen LogP contribution in [0.4, 0.5) is 0 Å². The zero-order valence-electron chi connectivity index (χ0n) is 18.3. The highest BCUT2D eigenvalue weighted by Crippen LogP contribution is 2.38. The van der Waals surface area contributed by atoms with E-state index in [0.717, 1.165) is 25.7 Å². The lowest BCUT2D eigenvalue weighted by atomic mass is 9.84. The first-order valence-electron chi connectivity index (χ1n) is 11.1. The van der Waals surface area contributed by atoms with Crippen molar-refractivity contribution in [1.29, 1.82) is 0 Å². The molecule has 1 heterocycles. The number of aliphatic carboxylic acids is 1. The maximum absolute atomic E-state index is 13.6. The number of allylic oxidation sites excluding steroid dienone is 1. The Morgan fingerprint density at radius 3 is 2.25 bits per heavy atom. The summed E-state index contributed by atoms with van der Waals surface area (Å²) in [6.07, 6.45) is 7.07. The molecule has 0 radical (unpaired) electrons. The first-order valence-corrected chi connectivity index (χ1v) is 11.1. The largest absolute Gasteiger partial charge is 0.497 e. The van der Waals surface area contributed by atoms with E-state index >= 15 is 0 Å². The molecule has 1 saturated carbocycles. The average molecular weight is 437 g/mol. The number of carboxylic acid groups (broad SMARTS) is 1. The van der Waals surface area contributed by atoms with Crippen molar-refractivity contribution in [1.82, 2.24) is 0 Å². The molecule has 2 aromatic rings. The van der Waals surface area contributed by atoms with Gasteiger partial charge >= 0.3 is 5.97 Å². The number of Topliss-reactive ketones (excluding diaryl/α,β-unsaturated/α-hetero) is 1. The van der Waals surface area contributed by atoms with E-state index in [2.05, 4.69) is 0 Å². The molecule has 32 heavy (non-hydrogen) atoms. The lowest BCUT2D eigenvalue weighted by Crippen LogP contribution is -2.15. The Kier molecular flexibility index (Phi) is 6.78. The number of carbonyl (C=O) groups excluding carboxylic acids is 1. The van der Waals surface area contributed by atoms with Crippen LogP contribution in [0, 0.1) is 5.92 Å². The maximum atomic E-state index is 13.6. The van der Waals surface area contributed by atoms with Crippen molar-refractivity contribution in [3.05, 3.63) is 59.2 Å². The summed E-state index contributed by atoms with van der Waals surface area (Å²) < 4.78 is 16.0. The second-order valence-corrected chi connectivity index (χ2v) is 8.35. The van der Waals surface area contributed by atoms with Crippen molar-refractivity contribution in [3.63, 3.8) is 0 Å². The summed E-state index contributed by atoms with van der Waals surface area (Å²) in [4.78, 5) is 26.1. The van der Waals surface area contributed by atoms with Crippen LogP contribution in [0.2, 0.25) is 0 Å². The molecule has 168 valence electrons. The van der Waals surface area contributed by atoms with Crippen LogP contribution in [-0.2, 0) is 4.79 Å². The molecule has 0 amide bonds. The molecule has 2 aliphatic rings. The van der Waals surface area contributed by atoms with E-state index < -0.39 is 5.97 Å². The number of hydrogen-bond donors (Lipinski definition) is 1. The van der Waals surface area contributed by atoms with Gasteiger partial charge in [0, 0.05) is 11.1 Å². The molecule has 6 heteroatoms. The summed E-state index contributed by atoms with van der Waals surface area (Å²) >= 11 is 0. The van der Waals surface area contributed by atoms with Gasteiger partial charge in [0.1, 0.15) is 5.75 Å². The SMILES string of the molecule is COc1ccc(C(=O)/C(CC2CCCCCC2)=C(\C(=O)O)c2ccc3c(c2)OCO3)cc1. The van der Waals surface area contributed by atoms with Crippen LogP contribution in [-0.4, -0.2) is 30.8 Å². The van der Waals surface area contributed by atoms with Gasteiger partial charge < -0.3 is 19.3 Å². The predicted octanol–water partition coefficient (Wildman–Crippen LogP) is 5.51. The molecule has 1 fully saturated rings. The topological polar surface area (TPSA) is 82.1 Å². The Bertz CT molecular complexity index is 1010. The lowest BCUT2D eigenvalue weighted by molar-refractivity contribution is -0.130. The third-order valence-corrected chi connectivity index (χ3v) is 6.27. The standard InChI is InChI=1S/C26H28O6/c1-30-20-11-8-18(9-12-20)25(27)21(14-17-6-4-2-3-5-7-17)24(26(28)29)19-10-13-22-23(15-19)32-16-31-22/h8-13,15,17H,2-7,14,16H2,1H3,(H,28,29)/b24-21-. The van der Waals surface area contributed by atoms with Crippen LogP contribution in [0.15, 0.2) is 48.0 Å². The van der Waals surface area contributed by atoms with E-state index in [1.54, 1.807) is 49.6 Å². The Morgan fingerprint density at radius 1 is 0.938 bits per heavy atom. The van der Waals surface area contributed by atoms with E-state index in [9.17, 15) is 14.7 Å². The molecule has 6 nitrogen and oxygen atoms in total. The first-order chi connectivity index (χ1) is 15.6. The van der Waals surface area contributed by atoms with Crippen LogP contribution < -0.4 is 14.2 Å². The molecule has 0 spiro atoms. The van der Waals surface area contributed by atoms with Crippen molar-refractivity contribution in [2.75, 3.05) is 13.9 Å². The third kappa shape index (κ3) is 4.79. The van der Waals surface area contributed by atoms with Gasteiger partial charge in [-0.15, -0.1) is 0 Å². The van der Waals surface area contributed by atoms with Crippen molar-refractivity contribution >= 4 is 17.3 Å². The van der Waals surface area contributed by atoms with E-state index in [1.807, 2.05) is 0 Å². The van der Waals surface area contributed by atoms with Crippen molar-refractivity contribution in [2.24, 2.45) is 5.92 Å². The minimum absolute atomic E-state index is 0.0355. The van der Waals surface area contributed by atoms with E-state index in [-0.39, 0.29) is 24.1 Å². The molecule has 4 rings (SSSR count). The quantitative estimate of drug-likeness (QED) is 0.350. The highest BCUT2D eigenvalue weighted by Gasteiger charge is 2.28. The van der Waals surface area contributed by atoms with Crippen LogP contribution in [0.25, 0.3) is 5.57 Å². The summed E-state index contributed by atoms with van der Waals surface area (Å²) in [5.41, 5.74) is 1.28. The van der Waals surface area contributed by atoms with Gasteiger partial charge in [0.2, 0.25) is 6.79 Å². The summed E-state index contributed by atoms with van der Waals surface area (Å²) in [5.74, 6) is 0.627. The molecule has 0 bridgehead atoms. The smallest absolute Gasteiger partial charge is 0.336 e. The molecular formula is C26H28O6. The molecular weight excluding hydrogens is 408 g/mol. The second-order valence-electron chi connectivity index (χ2n) is 8.35. The van der Waals surface area contributed by atoms with Gasteiger partial charge in [0.15, 0.2) is 17.3 Å². The third-order valence-electron chi connectivity index (χ3n) is 6.27. The summed E-state index contributed by atoms with van der Waals surface area (Å²) in [5, 5.41) is 10.2. The number of ether oxygens (including phenoxy) is 3. The Morgan fingerprint density at radius 2 is 1.59 bits per heavy atom. The van der Waals surface area contributed by atoms with Crippen LogP contribution in [0.1, 0.15) is 60.9 Å². The number of benzene rings is 2. The number of carboxylic acids is 1. The second kappa shape index (κ2) is 9.90. The number of rotatable bonds is 7. The lowest BCUT2D eigenvalue weighted by Gasteiger charge is -2.19. The number of ketones is 1. The number of methoxy groups -OCH3 is 1. The molecule has 1 aliphatic carbocycles. The molecule has 0 aromatic heterocycles. The monoisotopic (exact) mass is 436 g/mol. The van der Waals surface area contributed by atoms with Gasteiger partial charge in [0.25, 0.3) is 0 Å². The number of carbonyl (C=O) groups is 2. The van der Waals surface area contributed by atoms with E-state index in [1.165, 1.54) is 12.8 Å². The Labute approximate surface area is 187 Å². The van der Waals surface area contributed by atoms with Crippen LogP contribution in [0.3, 0.4) is 0 Å². The van der Waals surface area contributed by atoms with Crippen molar-refractivity contribution in [2.45, 2.75) is 44.9 Å². The summed E-state index contributed by atoms with van der Waals surface area (Å²) in [7, 11) is 1.57. The van der Waals surface area contributed by atoms with Crippen LogP contribution in [0.5, 0.6) is 17.2 Å². The fraction of sp³-hybridized carbons (Fsp3) is 0.385. The molecule has 0 unspecified atom stereocenters. The molecule has 0 atom stereocenters. The van der Waals surface area contributed by atoms with Gasteiger partial charge in [0.05, 0.1) is 12.7 Å². The Hall–Kier alpha value is -3.28.